The van der Waals surface area contributed by atoms with Gasteiger partial charge in [0.2, 0.25) is 0 Å². The van der Waals surface area contributed by atoms with Crippen molar-refractivity contribution in [1.29, 1.82) is 0 Å². The van der Waals surface area contributed by atoms with E-state index in [1.807, 2.05) is 6.92 Å². The number of hydrogen-bond donors (Lipinski definition) is 1. The quantitative estimate of drug-likeness (QED) is 0.929. The molecule has 0 saturated heterocycles. The van der Waals surface area contributed by atoms with Crippen LogP contribution in [0.5, 0.6) is 0 Å². The fraction of sp³-hybridized carbons (Fsp3) is 0.214. The van der Waals surface area contributed by atoms with Gasteiger partial charge in [-0.1, -0.05) is 0 Å². The van der Waals surface area contributed by atoms with Crippen LogP contribution in [0.2, 0.25) is 0 Å². The van der Waals surface area contributed by atoms with Crippen molar-refractivity contribution in [1.82, 2.24) is 9.97 Å². The number of amides is 1. The van der Waals surface area contributed by atoms with E-state index in [1.54, 1.807) is 31.6 Å². The van der Waals surface area contributed by atoms with Gasteiger partial charge in [-0.05, 0) is 25.1 Å². The van der Waals surface area contributed by atoms with Crippen LogP contribution >= 0.6 is 0 Å². The van der Waals surface area contributed by atoms with E-state index in [1.165, 1.54) is 11.0 Å². The molecule has 2 aromatic rings. The first-order valence-electron chi connectivity index (χ1n) is 6.21. The van der Waals surface area contributed by atoms with E-state index < -0.39 is 5.82 Å². The van der Waals surface area contributed by atoms with Crippen molar-refractivity contribution in [2.45, 2.75) is 6.92 Å². The SMILES string of the molecule is CCNc1ncc(F)cc1C(=O)N(C)c1cccnc1. The molecular weight excluding hydrogens is 259 g/mol. The lowest BCUT2D eigenvalue weighted by Gasteiger charge is -2.18. The van der Waals surface area contributed by atoms with Gasteiger partial charge in [-0.2, -0.15) is 0 Å². The zero-order valence-electron chi connectivity index (χ0n) is 11.3. The number of aromatic nitrogens is 2. The van der Waals surface area contributed by atoms with Gasteiger partial charge in [0.05, 0.1) is 23.6 Å². The summed E-state index contributed by atoms with van der Waals surface area (Å²) < 4.78 is 13.3. The highest BCUT2D eigenvalue weighted by molar-refractivity contribution is 6.08. The molecule has 2 rings (SSSR count). The highest BCUT2D eigenvalue weighted by atomic mass is 19.1. The van der Waals surface area contributed by atoms with Gasteiger partial charge in [0.1, 0.15) is 11.6 Å². The molecule has 1 amide bonds. The summed E-state index contributed by atoms with van der Waals surface area (Å²) in [5.41, 5.74) is 0.822. The first kappa shape index (κ1) is 13.9. The van der Waals surface area contributed by atoms with Gasteiger partial charge in [0, 0.05) is 19.8 Å². The number of nitrogens with one attached hydrogen (secondary N) is 1. The Labute approximate surface area is 116 Å². The third-order valence-electron chi connectivity index (χ3n) is 2.77. The normalized spacial score (nSPS) is 10.2. The van der Waals surface area contributed by atoms with E-state index in [4.69, 9.17) is 0 Å². The molecule has 20 heavy (non-hydrogen) atoms. The molecule has 0 spiro atoms. The zero-order valence-corrected chi connectivity index (χ0v) is 11.3. The van der Waals surface area contributed by atoms with Crippen molar-refractivity contribution in [2.24, 2.45) is 0 Å². The summed E-state index contributed by atoms with van der Waals surface area (Å²) in [4.78, 5) is 21.7. The molecule has 6 heteroatoms. The Morgan fingerprint density at radius 3 is 2.90 bits per heavy atom. The highest BCUT2D eigenvalue weighted by Gasteiger charge is 2.19. The van der Waals surface area contributed by atoms with Gasteiger partial charge in [0.15, 0.2) is 0 Å². The minimum Gasteiger partial charge on any atom is -0.370 e. The van der Waals surface area contributed by atoms with Gasteiger partial charge in [-0.15, -0.1) is 0 Å². The van der Waals surface area contributed by atoms with Crippen LogP contribution in [0.1, 0.15) is 17.3 Å². The van der Waals surface area contributed by atoms with E-state index in [0.29, 0.717) is 18.1 Å². The second-order valence-electron chi connectivity index (χ2n) is 4.16. The van der Waals surface area contributed by atoms with E-state index in [0.717, 1.165) is 6.20 Å². The van der Waals surface area contributed by atoms with Gasteiger partial charge < -0.3 is 10.2 Å². The molecule has 5 nitrogen and oxygen atoms in total. The molecule has 0 fully saturated rings. The number of halogens is 1. The summed E-state index contributed by atoms with van der Waals surface area (Å²) in [6.45, 7) is 2.47. The molecule has 0 aliphatic heterocycles. The van der Waals surface area contributed by atoms with E-state index in [9.17, 15) is 9.18 Å². The zero-order chi connectivity index (χ0) is 14.5. The van der Waals surface area contributed by atoms with Crippen LogP contribution in [0, 0.1) is 5.82 Å². The molecule has 0 unspecified atom stereocenters. The van der Waals surface area contributed by atoms with Gasteiger partial charge in [-0.3, -0.25) is 9.78 Å². The Morgan fingerprint density at radius 1 is 1.45 bits per heavy atom. The lowest BCUT2D eigenvalue weighted by molar-refractivity contribution is 0.0993. The van der Waals surface area contributed by atoms with Crippen LogP contribution in [0.25, 0.3) is 0 Å². The number of hydrogen-bond acceptors (Lipinski definition) is 4. The minimum atomic E-state index is -0.547. The molecule has 0 saturated carbocycles. The average molecular weight is 274 g/mol. The summed E-state index contributed by atoms with van der Waals surface area (Å²) in [6.07, 6.45) is 4.27. The maximum Gasteiger partial charge on any atom is 0.261 e. The van der Waals surface area contributed by atoms with Crippen LogP contribution in [0.15, 0.2) is 36.8 Å². The number of carbonyl (C=O) groups excluding carboxylic acids is 1. The number of anilines is 2. The Hall–Kier alpha value is -2.50. The molecule has 0 aliphatic carbocycles. The first-order chi connectivity index (χ1) is 9.63. The van der Waals surface area contributed by atoms with Crippen LogP contribution in [-0.2, 0) is 0 Å². The van der Waals surface area contributed by atoms with Crippen LogP contribution < -0.4 is 10.2 Å². The lowest BCUT2D eigenvalue weighted by atomic mass is 10.2. The van der Waals surface area contributed by atoms with Gasteiger partial charge in [0.25, 0.3) is 5.91 Å². The predicted molar refractivity (Wildman–Crippen MR) is 75.3 cm³/mol. The fourth-order valence-corrected chi connectivity index (χ4v) is 1.76. The van der Waals surface area contributed by atoms with E-state index >= 15 is 0 Å². The molecule has 104 valence electrons. The molecule has 0 bridgehead atoms. The average Bonchev–Trinajstić information content (AvgIpc) is 2.48. The summed E-state index contributed by atoms with van der Waals surface area (Å²) in [5.74, 6) is -0.523. The smallest absolute Gasteiger partial charge is 0.261 e. The van der Waals surface area contributed by atoms with Crippen molar-refractivity contribution >= 4 is 17.4 Å². The van der Waals surface area contributed by atoms with Crippen molar-refractivity contribution in [3.05, 3.63) is 48.2 Å². The molecule has 2 heterocycles. The summed E-state index contributed by atoms with van der Waals surface area (Å²) in [7, 11) is 1.61. The first-order valence-corrected chi connectivity index (χ1v) is 6.21. The van der Waals surface area contributed by atoms with Crippen molar-refractivity contribution in [3.8, 4) is 0 Å². The molecule has 0 radical (unpaired) electrons. The Morgan fingerprint density at radius 2 is 2.25 bits per heavy atom. The number of carbonyl (C=O) groups is 1. The second kappa shape index (κ2) is 6.10. The summed E-state index contributed by atoms with van der Waals surface area (Å²) in [6, 6.07) is 4.67. The molecular formula is C14H15FN4O. The van der Waals surface area contributed by atoms with Crippen molar-refractivity contribution in [3.63, 3.8) is 0 Å². The van der Waals surface area contributed by atoms with Crippen molar-refractivity contribution in [2.75, 3.05) is 23.8 Å². The van der Waals surface area contributed by atoms with E-state index in [-0.39, 0.29) is 11.5 Å². The molecule has 2 aromatic heterocycles. The Bertz CT molecular complexity index is 603. The van der Waals surface area contributed by atoms with Gasteiger partial charge in [-0.25, -0.2) is 9.37 Å². The maximum absolute atomic E-state index is 13.3. The molecule has 0 atom stereocenters. The molecule has 1 N–H and O–H groups in total. The number of nitrogens with zero attached hydrogens (tertiary/aromatic N) is 3. The number of pyridine rings is 2. The van der Waals surface area contributed by atoms with Gasteiger partial charge >= 0.3 is 0 Å². The summed E-state index contributed by atoms with van der Waals surface area (Å²) in [5, 5.41) is 2.95. The Balaban J connectivity index is 2.35. The predicted octanol–water partition coefficient (Wildman–Crippen LogP) is 2.32. The lowest BCUT2D eigenvalue weighted by Crippen LogP contribution is -2.27. The maximum atomic E-state index is 13.3. The van der Waals surface area contributed by atoms with Crippen molar-refractivity contribution < 1.29 is 9.18 Å². The second-order valence-corrected chi connectivity index (χ2v) is 4.16. The van der Waals surface area contributed by atoms with Crippen LogP contribution in [0.3, 0.4) is 0 Å². The molecule has 0 aliphatic rings. The van der Waals surface area contributed by atoms with Crippen LogP contribution in [0.4, 0.5) is 15.9 Å². The highest BCUT2D eigenvalue weighted by Crippen LogP contribution is 2.19. The van der Waals surface area contributed by atoms with Crippen LogP contribution in [-0.4, -0.2) is 29.5 Å². The standard InChI is InChI=1S/C14H15FN4O/c1-3-17-13-12(7-10(15)8-18-13)14(20)19(2)11-5-4-6-16-9-11/h4-9H,3H2,1-2H3,(H,17,18). The fourth-order valence-electron chi connectivity index (χ4n) is 1.76. The third kappa shape index (κ3) is 2.90. The van der Waals surface area contributed by atoms with E-state index in [2.05, 4.69) is 15.3 Å². The monoisotopic (exact) mass is 274 g/mol. The largest absolute Gasteiger partial charge is 0.370 e. The topological polar surface area (TPSA) is 58.1 Å². The third-order valence-corrected chi connectivity index (χ3v) is 2.77. The molecule has 0 aromatic carbocycles. The Kier molecular flexibility index (Phi) is 4.24. The minimum absolute atomic E-state index is 0.193. The summed E-state index contributed by atoms with van der Waals surface area (Å²) >= 11 is 0. The number of rotatable bonds is 4.